The molecule has 0 amide bonds. The quantitative estimate of drug-likeness (QED) is 0.841. The van der Waals surface area contributed by atoms with Gasteiger partial charge in [0.25, 0.3) is 0 Å². The standard InChI is InChI=1S/C17H30N2/c1-19(12-16-4-2-3-5-18-16)17-9-13-6-14(10-17)8-15(7-13)11-17/h13-16,18H,2-12H2,1H3. The summed E-state index contributed by atoms with van der Waals surface area (Å²) in [5.74, 6) is 3.23. The molecule has 1 aliphatic heterocycles. The molecule has 19 heavy (non-hydrogen) atoms. The number of piperidine rings is 1. The number of likely N-dealkylation sites (N-methyl/N-ethyl adjacent to an activating group) is 1. The van der Waals surface area contributed by atoms with Gasteiger partial charge in [-0.2, -0.15) is 0 Å². The van der Waals surface area contributed by atoms with E-state index >= 15 is 0 Å². The van der Waals surface area contributed by atoms with Crippen LogP contribution in [0, 0.1) is 17.8 Å². The Morgan fingerprint density at radius 1 is 1.00 bits per heavy atom. The number of rotatable bonds is 3. The predicted molar refractivity (Wildman–Crippen MR) is 79.2 cm³/mol. The van der Waals surface area contributed by atoms with E-state index in [-0.39, 0.29) is 0 Å². The zero-order valence-corrected chi connectivity index (χ0v) is 12.5. The molecular weight excluding hydrogens is 232 g/mol. The van der Waals surface area contributed by atoms with Crippen molar-refractivity contribution in [2.45, 2.75) is 69.4 Å². The molecule has 1 unspecified atom stereocenters. The van der Waals surface area contributed by atoms with Gasteiger partial charge in [-0.1, -0.05) is 6.42 Å². The second-order valence-electron chi connectivity index (χ2n) is 8.17. The fourth-order valence-corrected chi connectivity index (χ4v) is 6.14. The molecule has 2 nitrogen and oxygen atoms in total. The van der Waals surface area contributed by atoms with Crippen molar-refractivity contribution in [2.24, 2.45) is 17.8 Å². The normalized spacial score (nSPS) is 48.9. The molecule has 5 rings (SSSR count). The summed E-state index contributed by atoms with van der Waals surface area (Å²) in [6.07, 6.45) is 13.5. The van der Waals surface area contributed by atoms with Gasteiger partial charge >= 0.3 is 0 Å². The average molecular weight is 262 g/mol. The lowest BCUT2D eigenvalue weighted by atomic mass is 9.52. The summed E-state index contributed by atoms with van der Waals surface area (Å²) < 4.78 is 0. The number of nitrogens with zero attached hydrogens (tertiary/aromatic N) is 1. The Balaban J connectivity index is 1.45. The Morgan fingerprint density at radius 3 is 2.16 bits per heavy atom. The van der Waals surface area contributed by atoms with E-state index in [4.69, 9.17) is 0 Å². The molecule has 0 spiro atoms. The largest absolute Gasteiger partial charge is 0.313 e. The second-order valence-corrected chi connectivity index (χ2v) is 8.17. The van der Waals surface area contributed by atoms with Crippen molar-refractivity contribution >= 4 is 0 Å². The molecule has 1 atom stereocenters. The summed E-state index contributed by atoms with van der Waals surface area (Å²) in [6.45, 7) is 2.55. The van der Waals surface area contributed by atoms with E-state index in [9.17, 15) is 0 Å². The Morgan fingerprint density at radius 2 is 1.63 bits per heavy atom. The van der Waals surface area contributed by atoms with Gasteiger partial charge in [0.2, 0.25) is 0 Å². The van der Waals surface area contributed by atoms with Crippen molar-refractivity contribution in [3.63, 3.8) is 0 Å². The Hall–Kier alpha value is -0.0800. The van der Waals surface area contributed by atoms with Gasteiger partial charge < -0.3 is 5.32 Å². The molecule has 1 saturated heterocycles. The third-order valence-corrected chi connectivity index (χ3v) is 6.72. The highest BCUT2D eigenvalue weighted by Crippen LogP contribution is 2.57. The minimum Gasteiger partial charge on any atom is -0.313 e. The highest BCUT2D eigenvalue weighted by Gasteiger charge is 2.52. The van der Waals surface area contributed by atoms with Crippen LogP contribution in [-0.4, -0.2) is 36.6 Å². The zero-order chi connectivity index (χ0) is 12.9. The van der Waals surface area contributed by atoms with E-state index in [1.54, 1.807) is 19.3 Å². The summed E-state index contributed by atoms with van der Waals surface area (Å²) in [5.41, 5.74) is 0.605. The number of hydrogen-bond acceptors (Lipinski definition) is 2. The maximum atomic E-state index is 3.74. The maximum Gasteiger partial charge on any atom is 0.0215 e. The van der Waals surface area contributed by atoms with Gasteiger partial charge in [0.05, 0.1) is 0 Å². The molecule has 0 aromatic rings. The van der Waals surface area contributed by atoms with E-state index in [0.29, 0.717) is 5.54 Å². The van der Waals surface area contributed by atoms with E-state index in [2.05, 4.69) is 17.3 Å². The summed E-state index contributed by atoms with van der Waals surface area (Å²) in [6, 6.07) is 0.770. The van der Waals surface area contributed by atoms with Gasteiger partial charge in [-0.05, 0) is 82.7 Å². The molecule has 4 aliphatic carbocycles. The molecule has 5 aliphatic rings. The summed E-state index contributed by atoms with van der Waals surface area (Å²) >= 11 is 0. The SMILES string of the molecule is CN(CC1CCCCN1)C12CC3CC(CC(C3)C1)C2. The van der Waals surface area contributed by atoms with Gasteiger partial charge in [0.1, 0.15) is 0 Å². The summed E-state index contributed by atoms with van der Waals surface area (Å²) in [5, 5.41) is 3.74. The smallest absolute Gasteiger partial charge is 0.0215 e. The molecular formula is C17H30N2. The molecule has 2 heteroatoms. The lowest BCUT2D eigenvalue weighted by molar-refractivity contribution is -0.0818. The molecule has 0 aromatic carbocycles. The summed E-state index contributed by atoms with van der Waals surface area (Å²) in [7, 11) is 2.43. The first-order chi connectivity index (χ1) is 9.23. The number of nitrogens with one attached hydrogen (secondary N) is 1. The van der Waals surface area contributed by atoms with Gasteiger partial charge in [0.15, 0.2) is 0 Å². The first kappa shape index (κ1) is 12.6. The fraction of sp³-hybridized carbons (Fsp3) is 1.00. The fourth-order valence-electron chi connectivity index (χ4n) is 6.14. The van der Waals surface area contributed by atoms with Crippen LogP contribution in [0.15, 0.2) is 0 Å². The third kappa shape index (κ3) is 2.25. The van der Waals surface area contributed by atoms with Crippen LogP contribution in [0.2, 0.25) is 0 Å². The Bertz CT molecular complexity index is 297. The topological polar surface area (TPSA) is 15.3 Å². The van der Waals surface area contributed by atoms with Crippen molar-refractivity contribution in [1.29, 1.82) is 0 Å². The van der Waals surface area contributed by atoms with E-state index in [1.165, 1.54) is 51.6 Å². The lowest BCUT2D eigenvalue weighted by Gasteiger charge is -2.60. The van der Waals surface area contributed by atoms with Crippen LogP contribution in [0.5, 0.6) is 0 Å². The van der Waals surface area contributed by atoms with Crippen molar-refractivity contribution < 1.29 is 0 Å². The van der Waals surface area contributed by atoms with Gasteiger partial charge in [-0.3, -0.25) is 4.90 Å². The van der Waals surface area contributed by atoms with Crippen LogP contribution in [0.3, 0.4) is 0 Å². The highest BCUT2D eigenvalue weighted by molar-refractivity contribution is 5.07. The van der Waals surface area contributed by atoms with Crippen molar-refractivity contribution in [3.05, 3.63) is 0 Å². The van der Waals surface area contributed by atoms with Crippen molar-refractivity contribution in [2.75, 3.05) is 20.1 Å². The van der Waals surface area contributed by atoms with E-state index < -0.39 is 0 Å². The van der Waals surface area contributed by atoms with Crippen LogP contribution in [-0.2, 0) is 0 Å². The third-order valence-electron chi connectivity index (χ3n) is 6.72. The van der Waals surface area contributed by atoms with Gasteiger partial charge in [0, 0.05) is 18.1 Å². The second kappa shape index (κ2) is 4.73. The van der Waals surface area contributed by atoms with Gasteiger partial charge in [-0.15, -0.1) is 0 Å². The molecule has 1 heterocycles. The van der Waals surface area contributed by atoms with Crippen LogP contribution in [0.25, 0.3) is 0 Å². The minimum atomic E-state index is 0.605. The lowest BCUT2D eigenvalue weighted by Crippen LogP contribution is -2.61. The van der Waals surface area contributed by atoms with E-state index in [0.717, 1.165) is 23.8 Å². The average Bonchev–Trinajstić information content (AvgIpc) is 2.38. The van der Waals surface area contributed by atoms with Crippen LogP contribution >= 0.6 is 0 Å². The van der Waals surface area contributed by atoms with Crippen LogP contribution in [0.4, 0.5) is 0 Å². The molecule has 4 bridgehead atoms. The Labute approximate surface area is 118 Å². The monoisotopic (exact) mass is 262 g/mol. The minimum absolute atomic E-state index is 0.605. The molecule has 108 valence electrons. The zero-order valence-electron chi connectivity index (χ0n) is 12.5. The van der Waals surface area contributed by atoms with Crippen LogP contribution < -0.4 is 5.32 Å². The van der Waals surface area contributed by atoms with Crippen molar-refractivity contribution in [1.82, 2.24) is 10.2 Å². The van der Waals surface area contributed by atoms with Crippen molar-refractivity contribution in [3.8, 4) is 0 Å². The summed E-state index contributed by atoms with van der Waals surface area (Å²) in [4.78, 5) is 2.79. The molecule has 0 aromatic heterocycles. The molecule has 4 saturated carbocycles. The maximum absolute atomic E-state index is 3.74. The predicted octanol–water partition coefficient (Wildman–Crippen LogP) is 3.03. The Kier molecular flexibility index (Phi) is 3.15. The molecule has 5 fully saturated rings. The highest BCUT2D eigenvalue weighted by atomic mass is 15.2. The first-order valence-corrected chi connectivity index (χ1v) is 8.68. The molecule has 1 N–H and O–H groups in total. The van der Waals surface area contributed by atoms with E-state index in [1.807, 2.05) is 0 Å². The van der Waals surface area contributed by atoms with Crippen LogP contribution in [0.1, 0.15) is 57.8 Å². The first-order valence-electron chi connectivity index (χ1n) is 8.68. The number of hydrogen-bond donors (Lipinski definition) is 1. The van der Waals surface area contributed by atoms with Gasteiger partial charge in [-0.25, -0.2) is 0 Å². The molecule has 0 radical (unpaired) electrons.